The minimum absolute atomic E-state index is 0.140. The van der Waals surface area contributed by atoms with E-state index in [2.05, 4.69) is 10.1 Å². The summed E-state index contributed by atoms with van der Waals surface area (Å²) in [5, 5.41) is 1.61. The molecule has 0 aromatic heterocycles. The lowest BCUT2D eigenvalue weighted by Crippen LogP contribution is -2.39. The maximum atomic E-state index is 12.3. The van der Waals surface area contributed by atoms with E-state index in [9.17, 15) is 13.2 Å². The highest BCUT2D eigenvalue weighted by Crippen LogP contribution is 2.13. The van der Waals surface area contributed by atoms with Gasteiger partial charge in [0.05, 0.1) is 10.6 Å². The zero-order valence-corrected chi connectivity index (χ0v) is 15.4. The normalized spacial score (nSPS) is 12.4. The molecule has 0 aliphatic rings. The van der Waals surface area contributed by atoms with E-state index in [0.29, 0.717) is 12.0 Å². The fourth-order valence-corrected chi connectivity index (χ4v) is 3.46. The molecule has 1 atom stereocenters. The van der Waals surface area contributed by atoms with Crippen molar-refractivity contribution in [3.63, 3.8) is 0 Å². The van der Waals surface area contributed by atoms with Crippen LogP contribution < -0.4 is 15.2 Å². The minimum Gasteiger partial charge on any atom is -0.288 e. The largest absolute Gasteiger partial charge is 0.288 e. The van der Waals surface area contributed by atoms with Crippen LogP contribution in [0.2, 0.25) is 0 Å². The van der Waals surface area contributed by atoms with Gasteiger partial charge < -0.3 is 0 Å². The van der Waals surface area contributed by atoms with Crippen LogP contribution in [0.15, 0.2) is 59.5 Å². The highest BCUT2D eigenvalue weighted by Gasteiger charge is 2.17. The summed E-state index contributed by atoms with van der Waals surface area (Å²) in [6, 6.07) is 15.1. The first kappa shape index (κ1) is 19.0. The number of nitrogens with zero attached hydrogens (tertiary/aromatic N) is 1. The molecule has 0 saturated carbocycles. The standard InChI is InChI=1S/C18H23N3O3S/c1-4-14(2)20-25(23,24)17-12-10-15(11-13-17)18(22)19-21(3)16-8-6-5-7-9-16/h5-14,20H,4H2,1-3H3,(H,19,22)/t14-/m0/s1. The van der Waals surface area contributed by atoms with Gasteiger partial charge in [-0.25, -0.2) is 13.1 Å². The Balaban J connectivity index is 2.08. The SMILES string of the molecule is CC[C@H](C)NS(=O)(=O)c1ccc(C(=O)NN(C)c2ccccc2)cc1. The van der Waals surface area contributed by atoms with Crippen molar-refractivity contribution in [3.05, 3.63) is 60.2 Å². The molecule has 0 heterocycles. The van der Waals surface area contributed by atoms with E-state index in [1.54, 1.807) is 19.0 Å². The lowest BCUT2D eigenvalue weighted by Gasteiger charge is -2.20. The zero-order chi connectivity index (χ0) is 18.4. The molecule has 0 bridgehead atoms. The summed E-state index contributed by atoms with van der Waals surface area (Å²) in [6.45, 7) is 3.71. The van der Waals surface area contributed by atoms with Crippen LogP contribution >= 0.6 is 0 Å². The number of anilines is 1. The monoisotopic (exact) mass is 361 g/mol. The number of sulfonamides is 1. The molecule has 0 fully saturated rings. The molecular formula is C18H23N3O3S. The lowest BCUT2D eigenvalue weighted by atomic mass is 10.2. The van der Waals surface area contributed by atoms with Crippen molar-refractivity contribution in [1.82, 2.24) is 10.1 Å². The zero-order valence-electron chi connectivity index (χ0n) is 14.6. The first-order valence-electron chi connectivity index (χ1n) is 8.05. The van der Waals surface area contributed by atoms with Gasteiger partial charge in [-0.3, -0.25) is 15.2 Å². The first-order chi connectivity index (χ1) is 11.8. The van der Waals surface area contributed by atoms with Crippen molar-refractivity contribution in [2.75, 3.05) is 12.1 Å². The van der Waals surface area contributed by atoms with Crippen molar-refractivity contribution < 1.29 is 13.2 Å². The van der Waals surface area contributed by atoms with Crippen LogP contribution in [0.4, 0.5) is 5.69 Å². The molecule has 6 nitrogen and oxygen atoms in total. The van der Waals surface area contributed by atoms with Crippen LogP contribution in [0.3, 0.4) is 0 Å². The van der Waals surface area contributed by atoms with Crippen molar-refractivity contribution in [2.24, 2.45) is 0 Å². The molecule has 2 N–H and O–H groups in total. The molecule has 2 aromatic carbocycles. The molecule has 0 radical (unpaired) electrons. The third-order valence-corrected chi connectivity index (χ3v) is 5.41. The Hall–Kier alpha value is -2.38. The van der Waals surface area contributed by atoms with Crippen molar-refractivity contribution in [1.29, 1.82) is 0 Å². The van der Waals surface area contributed by atoms with E-state index in [1.807, 2.05) is 37.3 Å². The van der Waals surface area contributed by atoms with Gasteiger partial charge >= 0.3 is 0 Å². The summed E-state index contributed by atoms with van der Waals surface area (Å²) in [5.74, 6) is -0.315. The third kappa shape index (κ3) is 5.04. The molecular weight excluding hydrogens is 338 g/mol. The highest BCUT2D eigenvalue weighted by atomic mass is 32.2. The van der Waals surface area contributed by atoms with Gasteiger partial charge in [-0.05, 0) is 49.7 Å². The Morgan fingerprint density at radius 1 is 1.08 bits per heavy atom. The van der Waals surface area contributed by atoms with E-state index in [1.165, 1.54) is 24.3 Å². The first-order valence-corrected chi connectivity index (χ1v) is 9.54. The second-order valence-electron chi connectivity index (χ2n) is 5.79. The molecule has 0 unspecified atom stereocenters. The smallest absolute Gasteiger partial charge is 0.269 e. The predicted octanol–water partition coefficient (Wildman–Crippen LogP) is 2.54. The fourth-order valence-electron chi connectivity index (χ4n) is 2.13. The summed E-state index contributed by atoms with van der Waals surface area (Å²) in [6.07, 6.45) is 0.700. The van der Waals surface area contributed by atoms with E-state index < -0.39 is 10.0 Å². The predicted molar refractivity (Wildman–Crippen MR) is 98.8 cm³/mol. The average Bonchev–Trinajstić information content (AvgIpc) is 2.62. The Bertz CT molecular complexity index is 805. The van der Waals surface area contributed by atoms with E-state index in [0.717, 1.165) is 5.69 Å². The van der Waals surface area contributed by atoms with Crippen LogP contribution in [0.5, 0.6) is 0 Å². The Kier molecular flexibility index (Phi) is 6.17. The number of hydrogen-bond donors (Lipinski definition) is 2. The van der Waals surface area contributed by atoms with Gasteiger partial charge in [-0.2, -0.15) is 0 Å². The molecule has 0 aliphatic heterocycles. The quantitative estimate of drug-likeness (QED) is 0.743. The van der Waals surface area contributed by atoms with Crippen LogP contribution in [0.1, 0.15) is 30.6 Å². The number of hydrogen-bond acceptors (Lipinski definition) is 4. The van der Waals surface area contributed by atoms with Gasteiger partial charge in [-0.15, -0.1) is 0 Å². The number of amides is 1. The maximum absolute atomic E-state index is 12.3. The summed E-state index contributed by atoms with van der Waals surface area (Å²) < 4.78 is 27.0. The summed E-state index contributed by atoms with van der Waals surface area (Å²) >= 11 is 0. The highest BCUT2D eigenvalue weighted by molar-refractivity contribution is 7.89. The number of carbonyl (C=O) groups is 1. The van der Waals surface area contributed by atoms with Crippen LogP contribution in [0, 0.1) is 0 Å². The van der Waals surface area contributed by atoms with E-state index >= 15 is 0 Å². The molecule has 7 heteroatoms. The van der Waals surface area contributed by atoms with Crippen LogP contribution in [0.25, 0.3) is 0 Å². The number of para-hydroxylation sites is 1. The summed E-state index contributed by atoms with van der Waals surface area (Å²) in [5.41, 5.74) is 3.96. The second kappa shape index (κ2) is 8.13. The number of benzene rings is 2. The number of rotatable bonds is 7. The Morgan fingerprint density at radius 2 is 1.68 bits per heavy atom. The number of hydrazine groups is 1. The molecule has 134 valence electrons. The lowest BCUT2D eigenvalue weighted by molar-refractivity contribution is 0.0951. The van der Waals surface area contributed by atoms with Gasteiger partial charge in [0.15, 0.2) is 0 Å². The summed E-state index contributed by atoms with van der Waals surface area (Å²) in [4.78, 5) is 12.4. The van der Waals surface area contributed by atoms with Gasteiger partial charge in [0.25, 0.3) is 5.91 Å². The molecule has 0 spiro atoms. The molecule has 2 rings (SSSR count). The maximum Gasteiger partial charge on any atom is 0.269 e. The minimum atomic E-state index is -3.57. The van der Waals surface area contributed by atoms with Crippen molar-refractivity contribution in [2.45, 2.75) is 31.2 Å². The van der Waals surface area contributed by atoms with Crippen molar-refractivity contribution >= 4 is 21.6 Å². The fraction of sp³-hybridized carbons (Fsp3) is 0.278. The second-order valence-corrected chi connectivity index (χ2v) is 7.50. The Morgan fingerprint density at radius 3 is 2.24 bits per heavy atom. The summed E-state index contributed by atoms with van der Waals surface area (Å²) in [7, 11) is -1.83. The number of nitrogens with one attached hydrogen (secondary N) is 2. The van der Waals surface area contributed by atoms with Gasteiger partial charge in [0.1, 0.15) is 0 Å². The molecule has 1 amide bonds. The third-order valence-electron chi connectivity index (χ3n) is 3.81. The molecule has 0 aliphatic carbocycles. The molecule has 25 heavy (non-hydrogen) atoms. The van der Waals surface area contributed by atoms with Gasteiger partial charge in [0, 0.05) is 18.7 Å². The number of carbonyl (C=O) groups excluding carboxylic acids is 1. The molecule has 2 aromatic rings. The van der Waals surface area contributed by atoms with Crippen LogP contribution in [-0.4, -0.2) is 27.4 Å². The van der Waals surface area contributed by atoms with Gasteiger partial charge in [0.2, 0.25) is 10.0 Å². The van der Waals surface area contributed by atoms with E-state index in [-0.39, 0.29) is 16.8 Å². The van der Waals surface area contributed by atoms with Crippen LogP contribution in [-0.2, 0) is 10.0 Å². The molecule has 0 saturated heterocycles. The van der Waals surface area contributed by atoms with Crippen molar-refractivity contribution in [3.8, 4) is 0 Å². The van der Waals surface area contributed by atoms with Gasteiger partial charge in [-0.1, -0.05) is 25.1 Å². The average molecular weight is 361 g/mol. The topological polar surface area (TPSA) is 78.5 Å². The van der Waals surface area contributed by atoms with E-state index in [4.69, 9.17) is 0 Å². The Labute approximate surface area is 148 Å².